The smallest absolute Gasteiger partial charge is 0.331 e. The highest BCUT2D eigenvalue weighted by atomic mass is 16.5. The summed E-state index contributed by atoms with van der Waals surface area (Å²) in [7, 11) is 1.81. The summed E-state index contributed by atoms with van der Waals surface area (Å²) in [6.07, 6.45) is 10.3. The lowest BCUT2D eigenvalue weighted by Gasteiger charge is -2.73. The summed E-state index contributed by atoms with van der Waals surface area (Å²) in [5.41, 5.74) is 6.39. The summed E-state index contributed by atoms with van der Waals surface area (Å²) in [6, 6.07) is 24.5. The van der Waals surface area contributed by atoms with Gasteiger partial charge in [0, 0.05) is 28.4 Å². The monoisotopic (exact) mass is 491 g/mol. The van der Waals surface area contributed by atoms with E-state index in [0.717, 1.165) is 46.0 Å². The van der Waals surface area contributed by atoms with Gasteiger partial charge in [-0.2, -0.15) is 0 Å². The Bertz CT molecular complexity index is 1360. The molecule has 2 bridgehead atoms. The van der Waals surface area contributed by atoms with Gasteiger partial charge in [0.05, 0.1) is 7.11 Å². The minimum atomic E-state index is -0.344. The highest BCUT2D eigenvalue weighted by Gasteiger charge is 2.80. The van der Waals surface area contributed by atoms with Gasteiger partial charge in [-0.15, -0.1) is 0 Å². The highest BCUT2D eigenvalue weighted by Crippen LogP contribution is 2.87. The predicted octanol–water partition coefficient (Wildman–Crippen LogP) is 7.27. The molecule has 4 heteroatoms. The van der Waals surface area contributed by atoms with Crippen LogP contribution in [0.1, 0.15) is 48.8 Å². The molecule has 4 fully saturated rings. The van der Waals surface area contributed by atoms with Crippen molar-refractivity contribution in [1.29, 1.82) is 0 Å². The maximum absolute atomic E-state index is 12.1. The van der Waals surface area contributed by atoms with Crippen molar-refractivity contribution in [1.82, 2.24) is 0 Å². The van der Waals surface area contributed by atoms with Gasteiger partial charge in [-0.3, -0.25) is 0 Å². The molecule has 0 saturated heterocycles. The Morgan fingerprint density at radius 2 is 1.76 bits per heavy atom. The average Bonchev–Trinajstić information content (AvgIpc) is 3.42. The van der Waals surface area contributed by atoms with E-state index in [0.29, 0.717) is 10.8 Å². The largest absolute Gasteiger partial charge is 0.496 e. The first kappa shape index (κ1) is 22.7. The number of methoxy groups -OCH3 is 1. The van der Waals surface area contributed by atoms with Gasteiger partial charge in [0.15, 0.2) is 0 Å². The second-order valence-electron chi connectivity index (χ2n) is 11.6. The normalized spacial score (nSPS) is 30.4. The molecule has 0 aromatic heterocycles. The molecular formula is C33H33NO3. The van der Waals surface area contributed by atoms with Crippen LogP contribution in [0.25, 0.3) is 6.08 Å². The van der Waals surface area contributed by atoms with Gasteiger partial charge in [0.2, 0.25) is 0 Å². The van der Waals surface area contributed by atoms with E-state index in [9.17, 15) is 4.79 Å². The molecule has 1 N–H and O–H groups in total. The Labute approximate surface area is 218 Å². The topological polar surface area (TPSA) is 47.6 Å². The van der Waals surface area contributed by atoms with Gasteiger partial charge in [0.25, 0.3) is 0 Å². The van der Waals surface area contributed by atoms with E-state index in [1.807, 2.05) is 49.6 Å². The van der Waals surface area contributed by atoms with Gasteiger partial charge < -0.3 is 14.8 Å². The summed E-state index contributed by atoms with van der Waals surface area (Å²) < 4.78 is 11.2. The maximum atomic E-state index is 12.1. The van der Waals surface area contributed by atoms with Crippen molar-refractivity contribution < 1.29 is 14.3 Å². The van der Waals surface area contributed by atoms with Crippen LogP contribution in [0, 0.1) is 23.2 Å². The number of ether oxygens (including phenoxy) is 2. The molecule has 7 rings (SSSR count). The second kappa shape index (κ2) is 8.51. The van der Waals surface area contributed by atoms with Gasteiger partial charge in [0.1, 0.15) is 12.4 Å². The SMILES string of the molecule is COc1ccc(Nc2ccc(/C=C/C(=O)OCc3ccccc3)cc2)cc1C12CC3CC4CC(C1)C42C3. The molecule has 3 aromatic rings. The number of carbonyl (C=O) groups is 1. The summed E-state index contributed by atoms with van der Waals surface area (Å²) in [5, 5.41) is 3.60. The number of rotatable bonds is 8. The van der Waals surface area contributed by atoms with Gasteiger partial charge in [-0.1, -0.05) is 42.5 Å². The molecule has 5 atom stereocenters. The van der Waals surface area contributed by atoms with E-state index in [-0.39, 0.29) is 12.6 Å². The minimum Gasteiger partial charge on any atom is -0.496 e. The van der Waals surface area contributed by atoms with Crippen LogP contribution >= 0.6 is 0 Å². The zero-order valence-electron chi connectivity index (χ0n) is 21.3. The molecule has 3 aromatic carbocycles. The Kier molecular flexibility index (Phi) is 5.21. The first-order chi connectivity index (χ1) is 18.1. The Balaban J connectivity index is 1.03. The summed E-state index contributed by atoms with van der Waals surface area (Å²) in [5.74, 6) is 3.51. The van der Waals surface area contributed by atoms with Crippen LogP contribution in [0.2, 0.25) is 0 Å². The molecule has 4 nitrogen and oxygen atoms in total. The second-order valence-corrected chi connectivity index (χ2v) is 11.6. The fraction of sp³-hybridized carbons (Fsp3) is 0.364. The fourth-order valence-corrected chi connectivity index (χ4v) is 8.60. The van der Waals surface area contributed by atoms with E-state index in [2.05, 4.69) is 35.6 Å². The van der Waals surface area contributed by atoms with Crippen LogP contribution in [0.3, 0.4) is 0 Å². The molecule has 5 unspecified atom stereocenters. The number of anilines is 2. The van der Waals surface area contributed by atoms with Crippen LogP contribution in [-0.2, 0) is 21.6 Å². The number of hydrogen-bond donors (Lipinski definition) is 1. The Morgan fingerprint density at radius 3 is 2.51 bits per heavy atom. The van der Waals surface area contributed by atoms with Crippen molar-refractivity contribution in [2.75, 3.05) is 12.4 Å². The van der Waals surface area contributed by atoms with Crippen LogP contribution in [0.15, 0.2) is 78.9 Å². The fourth-order valence-electron chi connectivity index (χ4n) is 8.60. The number of benzene rings is 3. The Morgan fingerprint density at radius 1 is 0.946 bits per heavy atom. The van der Waals surface area contributed by atoms with Gasteiger partial charge >= 0.3 is 5.97 Å². The lowest BCUT2D eigenvalue weighted by molar-refractivity contribution is -0.199. The van der Waals surface area contributed by atoms with E-state index in [1.54, 1.807) is 6.08 Å². The van der Waals surface area contributed by atoms with Crippen molar-refractivity contribution in [3.05, 3.63) is 95.6 Å². The number of nitrogens with one attached hydrogen (secondary N) is 1. The molecular weight excluding hydrogens is 458 g/mol. The third-order valence-electron chi connectivity index (χ3n) is 9.94. The third kappa shape index (κ3) is 3.45. The van der Waals surface area contributed by atoms with Crippen LogP contribution < -0.4 is 10.1 Å². The number of fused-ring (bicyclic) bond motifs is 1. The molecule has 0 aliphatic heterocycles. The van der Waals surface area contributed by atoms with Crippen LogP contribution in [0.4, 0.5) is 11.4 Å². The molecule has 1 spiro atoms. The van der Waals surface area contributed by atoms with Gasteiger partial charge in [-0.25, -0.2) is 4.79 Å². The van der Waals surface area contributed by atoms with E-state index in [4.69, 9.17) is 9.47 Å². The number of hydrogen-bond acceptors (Lipinski definition) is 4. The molecule has 0 amide bonds. The lowest BCUT2D eigenvalue weighted by atomic mass is 9.31. The first-order valence-corrected chi connectivity index (χ1v) is 13.5. The lowest BCUT2D eigenvalue weighted by Crippen LogP contribution is -2.68. The summed E-state index contributed by atoms with van der Waals surface area (Å²) in [6.45, 7) is 0.279. The zero-order chi connectivity index (χ0) is 25.0. The molecule has 37 heavy (non-hydrogen) atoms. The molecule has 4 aliphatic rings. The van der Waals surface area contributed by atoms with Crippen molar-refractivity contribution in [3.63, 3.8) is 0 Å². The van der Waals surface area contributed by atoms with Crippen LogP contribution in [0.5, 0.6) is 5.75 Å². The number of esters is 1. The number of carbonyl (C=O) groups excluding carboxylic acids is 1. The summed E-state index contributed by atoms with van der Waals surface area (Å²) in [4.78, 5) is 12.1. The van der Waals surface area contributed by atoms with Crippen molar-refractivity contribution in [3.8, 4) is 5.75 Å². The third-order valence-corrected chi connectivity index (χ3v) is 9.94. The molecule has 4 aliphatic carbocycles. The van der Waals surface area contributed by atoms with Gasteiger partial charge in [-0.05, 0) is 103 Å². The summed E-state index contributed by atoms with van der Waals surface area (Å²) >= 11 is 0. The molecule has 0 radical (unpaired) electrons. The van der Waals surface area contributed by atoms with Crippen molar-refractivity contribution in [2.45, 2.75) is 44.1 Å². The quantitative estimate of drug-likeness (QED) is 0.266. The predicted molar refractivity (Wildman–Crippen MR) is 146 cm³/mol. The van der Waals surface area contributed by atoms with Crippen molar-refractivity contribution >= 4 is 23.4 Å². The average molecular weight is 492 g/mol. The molecule has 188 valence electrons. The van der Waals surface area contributed by atoms with E-state index < -0.39 is 0 Å². The molecule has 0 heterocycles. The van der Waals surface area contributed by atoms with Crippen LogP contribution in [-0.4, -0.2) is 13.1 Å². The standard InChI is InChI=1S/C33H33NO3/c1-36-30-13-12-28(17-29(30)32-18-24-15-25-16-26(20-32)33(25,32)19-24)34-27-10-7-22(8-11-27)9-14-31(35)37-21-23-5-3-2-4-6-23/h2-14,17,24-26,34H,15-16,18-21H2,1H3/b14-9+. The molecule has 4 saturated carbocycles. The maximum Gasteiger partial charge on any atom is 0.331 e. The first-order valence-electron chi connectivity index (χ1n) is 13.5. The van der Waals surface area contributed by atoms with E-state index >= 15 is 0 Å². The highest BCUT2D eigenvalue weighted by molar-refractivity contribution is 5.87. The minimum absolute atomic E-state index is 0.279. The zero-order valence-corrected chi connectivity index (χ0v) is 21.3. The van der Waals surface area contributed by atoms with Crippen molar-refractivity contribution in [2.24, 2.45) is 23.2 Å². The Hall–Kier alpha value is -3.53. The van der Waals surface area contributed by atoms with E-state index in [1.165, 1.54) is 43.7 Å².